The third kappa shape index (κ3) is 5.94. The highest BCUT2D eigenvalue weighted by Crippen LogP contribution is 2.24. The number of amides is 2. The lowest BCUT2D eigenvalue weighted by molar-refractivity contribution is -0.125. The Morgan fingerprint density at radius 1 is 1.07 bits per heavy atom. The number of benzene rings is 1. The lowest BCUT2D eigenvalue weighted by Crippen LogP contribution is -2.51. The summed E-state index contributed by atoms with van der Waals surface area (Å²) in [5.74, 6) is 0.908. The fourth-order valence-electron chi connectivity index (χ4n) is 3.40. The van der Waals surface area contributed by atoms with Crippen LogP contribution >= 0.6 is 0 Å². The minimum Gasteiger partial charge on any atom is -0.496 e. The van der Waals surface area contributed by atoms with Crippen molar-refractivity contribution in [3.63, 3.8) is 0 Å². The summed E-state index contributed by atoms with van der Waals surface area (Å²) in [7, 11) is 1.64. The first kappa shape index (κ1) is 19.6. The van der Waals surface area contributed by atoms with Crippen LogP contribution in [-0.4, -0.2) is 74.0 Å². The molecule has 0 aromatic heterocycles. The predicted molar refractivity (Wildman–Crippen MR) is 104 cm³/mol. The molecule has 7 nitrogen and oxygen atoms in total. The summed E-state index contributed by atoms with van der Waals surface area (Å²) in [6, 6.07) is 8.03. The summed E-state index contributed by atoms with van der Waals surface area (Å²) in [5.41, 5.74) is 0.972. The highest BCUT2D eigenvalue weighted by atomic mass is 16.5. The Kier molecular flexibility index (Phi) is 6.68. The Bertz CT molecular complexity index is 654. The van der Waals surface area contributed by atoms with Crippen molar-refractivity contribution in [1.29, 1.82) is 0 Å². The smallest absolute Gasteiger partial charge is 0.234 e. The molecule has 2 fully saturated rings. The second kappa shape index (κ2) is 9.19. The zero-order valence-corrected chi connectivity index (χ0v) is 16.2. The number of carbonyl (C=O) groups excluding carboxylic acids is 2. The van der Waals surface area contributed by atoms with Gasteiger partial charge in [0.1, 0.15) is 5.75 Å². The van der Waals surface area contributed by atoms with Gasteiger partial charge >= 0.3 is 0 Å². The van der Waals surface area contributed by atoms with E-state index >= 15 is 0 Å². The zero-order valence-electron chi connectivity index (χ0n) is 16.2. The Hall–Kier alpha value is -2.12. The Morgan fingerprint density at radius 3 is 2.26 bits per heavy atom. The molecule has 1 aliphatic carbocycles. The first-order valence-electron chi connectivity index (χ1n) is 9.71. The molecule has 2 N–H and O–H groups in total. The van der Waals surface area contributed by atoms with Crippen LogP contribution in [0.4, 0.5) is 0 Å². The standard InChI is InChI=1S/C20H30N4O3/c1-15(17-5-3-4-6-18(17)27-2)21-19(25)13-23-9-11-24(12-10-23)14-20(26)22-16-7-8-16/h3-6,15-16H,7-14H2,1-2H3,(H,21,25)(H,22,26). The van der Waals surface area contributed by atoms with Gasteiger partial charge in [-0.3, -0.25) is 19.4 Å². The van der Waals surface area contributed by atoms with Gasteiger partial charge in [-0.25, -0.2) is 0 Å². The molecule has 1 aromatic carbocycles. The Labute approximate surface area is 161 Å². The van der Waals surface area contributed by atoms with Gasteiger partial charge in [0.15, 0.2) is 0 Å². The highest BCUT2D eigenvalue weighted by Gasteiger charge is 2.26. The second-order valence-electron chi connectivity index (χ2n) is 7.43. The molecule has 148 valence electrons. The maximum absolute atomic E-state index is 12.4. The molecule has 1 saturated heterocycles. The molecule has 0 radical (unpaired) electrons. The number of methoxy groups -OCH3 is 1. The molecule has 1 unspecified atom stereocenters. The second-order valence-corrected chi connectivity index (χ2v) is 7.43. The number of hydrogen-bond donors (Lipinski definition) is 2. The Balaban J connectivity index is 1.39. The van der Waals surface area contributed by atoms with Gasteiger partial charge in [0, 0.05) is 37.8 Å². The van der Waals surface area contributed by atoms with Gasteiger partial charge in [-0.1, -0.05) is 18.2 Å². The zero-order chi connectivity index (χ0) is 19.2. The topological polar surface area (TPSA) is 73.9 Å². The first-order valence-corrected chi connectivity index (χ1v) is 9.71. The molecule has 0 spiro atoms. The molecule has 27 heavy (non-hydrogen) atoms. The van der Waals surface area contributed by atoms with Gasteiger partial charge in [-0.15, -0.1) is 0 Å². The van der Waals surface area contributed by atoms with Crippen molar-refractivity contribution in [2.45, 2.75) is 31.8 Å². The summed E-state index contributed by atoms with van der Waals surface area (Å²) < 4.78 is 5.37. The summed E-state index contributed by atoms with van der Waals surface area (Å²) >= 11 is 0. The monoisotopic (exact) mass is 374 g/mol. The number of nitrogens with zero attached hydrogens (tertiary/aromatic N) is 2. The van der Waals surface area contributed by atoms with Crippen LogP contribution in [-0.2, 0) is 9.59 Å². The fraction of sp³-hybridized carbons (Fsp3) is 0.600. The summed E-state index contributed by atoms with van der Waals surface area (Å²) in [6.45, 7) is 6.02. The Morgan fingerprint density at radius 2 is 1.67 bits per heavy atom. The van der Waals surface area contributed by atoms with Crippen LogP contribution in [0.5, 0.6) is 5.75 Å². The quantitative estimate of drug-likeness (QED) is 0.703. The molecule has 0 bridgehead atoms. The van der Waals surface area contributed by atoms with E-state index in [0.29, 0.717) is 19.1 Å². The van der Waals surface area contributed by atoms with E-state index in [9.17, 15) is 9.59 Å². The maximum Gasteiger partial charge on any atom is 0.234 e. The minimum absolute atomic E-state index is 0.00772. The van der Waals surface area contributed by atoms with Crippen molar-refractivity contribution in [3.05, 3.63) is 29.8 Å². The molecule has 2 amide bonds. The van der Waals surface area contributed by atoms with Crippen molar-refractivity contribution in [3.8, 4) is 5.75 Å². The third-order valence-electron chi connectivity index (χ3n) is 5.12. The predicted octanol–water partition coefficient (Wildman–Crippen LogP) is 0.769. The molecular formula is C20H30N4O3. The van der Waals surface area contributed by atoms with Gasteiger partial charge in [0.2, 0.25) is 11.8 Å². The van der Waals surface area contributed by atoms with E-state index < -0.39 is 0 Å². The average Bonchev–Trinajstić information content (AvgIpc) is 3.47. The van der Waals surface area contributed by atoms with Crippen LogP contribution in [0.1, 0.15) is 31.4 Å². The van der Waals surface area contributed by atoms with Crippen LogP contribution in [0, 0.1) is 0 Å². The number of para-hydroxylation sites is 1. The van der Waals surface area contributed by atoms with Gasteiger partial charge in [0.25, 0.3) is 0 Å². The molecule has 1 heterocycles. The van der Waals surface area contributed by atoms with Crippen LogP contribution in [0.15, 0.2) is 24.3 Å². The largest absolute Gasteiger partial charge is 0.496 e. The van der Waals surface area contributed by atoms with E-state index in [-0.39, 0.29) is 17.9 Å². The third-order valence-corrected chi connectivity index (χ3v) is 5.12. The van der Waals surface area contributed by atoms with Crippen molar-refractivity contribution in [2.24, 2.45) is 0 Å². The SMILES string of the molecule is COc1ccccc1C(C)NC(=O)CN1CCN(CC(=O)NC2CC2)CC1. The van der Waals surface area contributed by atoms with Gasteiger partial charge in [0.05, 0.1) is 26.2 Å². The van der Waals surface area contributed by atoms with Crippen molar-refractivity contribution >= 4 is 11.8 Å². The van der Waals surface area contributed by atoms with E-state index in [2.05, 4.69) is 20.4 Å². The molecule has 1 aliphatic heterocycles. The number of rotatable bonds is 8. The van der Waals surface area contributed by atoms with Crippen molar-refractivity contribution < 1.29 is 14.3 Å². The molecule has 1 atom stereocenters. The van der Waals surface area contributed by atoms with E-state index in [1.54, 1.807) is 7.11 Å². The normalized spacial score (nSPS) is 19.3. The van der Waals surface area contributed by atoms with Gasteiger partial charge < -0.3 is 15.4 Å². The van der Waals surface area contributed by atoms with E-state index in [0.717, 1.165) is 50.3 Å². The molecule has 1 aromatic rings. The molecule has 7 heteroatoms. The number of nitrogens with one attached hydrogen (secondary N) is 2. The average molecular weight is 374 g/mol. The fourth-order valence-corrected chi connectivity index (χ4v) is 3.40. The number of ether oxygens (including phenoxy) is 1. The van der Waals surface area contributed by atoms with E-state index in [1.807, 2.05) is 31.2 Å². The van der Waals surface area contributed by atoms with Crippen LogP contribution in [0.25, 0.3) is 0 Å². The molecular weight excluding hydrogens is 344 g/mol. The molecule has 1 saturated carbocycles. The molecule has 2 aliphatic rings. The van der Waals surface area contributed by atoms with E-state index in [1.165, 1.54) is 0 Å². The number of piperazine rings is 1. The van der Waals surface area contributed by atoms with Crippen LogP contribution in [0.2, 0.25) is 0 Å². The van der Waals surface area contributed by atoms with Crippen LogP contribution < -0.4 is 15.4 Å². The molecule has 3 rings (SSSR count). The summed E-state index contributed by atoms with van der Waals surface area (Å²) in [6.07, 6.45) is 2.23. The summed E-state index contributed by atoms with van der Waals surface area (Å²) in [4.78, 5) is 28.6. The number of carbonyl (C=O) groups is 2. The lowest BCUT2D eigenvalue weighted by Gasteiger charge is -2.34. The van der Waals surface area contributed by atoms with Gasteiger partial charge in [-0.2, -0.15) is 0 Å². The van der Waals surface area contributed by atoms with Crippen LogP contribution in [0.3, 0.4) is 0 Å². The minimum atomic E-state index is -0.110. The van der Waals surface area contributed by atoms with Crippen molar-refractivity contribution in [1.82, 2.24) is 20.4 Å². The summed E-state index contributed by atoms with van der Waals surface area (Å²) in [5, 5.41) is 6.07. The maximum atomic E-state index is 12.4. The van der Waals surface area contributed by atoms with Gasteiger partial charge in [-0.05, 0) is 25.8 Å². The first-order chi connectivity index (χ1) is 13.0. The highest BCUT2D eigenvalue weighted by molar-refractivity contribution is 5.79. The lowest BCUT2D eigenvalue weighted by atomic mass is 10.1. The number of hydrogen-bond acceptors (Lipinski definition) is 5. The van der Waals surface area contributed by atoms with E-state index in [4.69, 9.17) is 4.74 Å². The van der Waals surface area contributed by atoms with Crippen molar-refractivity contribution in [2.75, 3.05) is 46.4 Å².